The minimum absolute atomic E-state index is 0.219. The van der Waals surface area contributed by atoms with Crippen LogP contribution in [0.4, 0.5) is 15.8 Å². The number of benzene rings is 1. The highest BCUT2D eigenvalue weighted by atomic mass is 32.1. The molecule has 1 aromatic carbocycles. The molecule has 1 atom stereocenters. The molecule has 1 N–H and O–H groups in total. The summed E-state index contributed by atoms with van der Waals surface area (Å²) in [7, 11) is 2.99. The van der Waals surface area contributed by atoms with E-state index in [1.165, 1.54) is 25.2 Å². The molecule has 0 aliphatic carbocycles. The van der Waals surface area contributed by atoms with Gasteiger partial charge in [-0.25, -0.2) is 4.39 Å². The van der Waals surface area contributed by atoms with Gasteiger partial charge in [-0.1, -0.05) is 5.92 Å². The van der Waals surface area contributed by atoms with Gasteiger partial charge >= 0.3 is 0 Å². The van der Waals surface area contributed by atoms with Crippen molar-refractivity contribution in [2.24, 2.45) is 5.10 Å². The summed E-state index contributed by atoms with van der Waals surface area (Å²) in [6, 6.07) is 4.65. The first-order chi connectivity index (χ1) is 14.5. The highest BCUT2D eigenvalue weighted by Crippen LogP contribution is 2.25. The van der Waals surface area contributed by atoms with Crippen LogP contribution in [0.2, 0.25) is 0 Å². The van der Waals surface area contributed by atoms with E-state index in [2.05, 4.69) is 22.3 Å². The van der Waals surface area contributed by atoms with E-state index in [1.54, 1.807) is 30.3 Å². The second-order valence-corrected chi connectivity index (χ2v) is 6.73. The molecule has 0 bridgehead atoms. The lowest BCUT2D eigenvalue weighted by Gasteiger charge is -2.29. The van der Waals surface area contributed by atoms with Gasteiger partial charge in [-0.2, -0.15) is 5.10 Å². The van der Waals surface area contributed by atoms with E-state index in [0.717, 1.165) is 0 Å². The molecule has 0 spiro atoms. The van der Waals surface area contributed by atoms with Crippen LogP contribution >= 0.6 is 12.2 Å². The van der Waals surface area contributed by atoms with Gasteiger partial charge in [0.15, 0.2) is 0 Å². The van der Waals surface area contributed by atoms with Crippen molar-refractivity contribution in [3.8, 4) is 11.8 Å². The van der Waals surface area contributed by atoms with E-state index >= 15 is 0 Å². The summed E-state index contributed by atoms with van der Waals surface area (Å²) >= 11 is 4.93. The Bertz CT molecular complexity index is 826. The number of anilines is 2. The predicted octanol–water partition coefficient (Wildman–Crippen LogP) is 1.41. The lowest BCUT2D eigenvalue weighted by Crippen LogP contribution is -2.41. The number of ether oxygens (including phenoxy) is 2. The van der Waals surface area contributed by atoms with E-state index in [0.29, 0.717) is 44.0 Å². The average Bonchev–Trinajstić information content (AvgIpc) is 2.78. The molecule has 0 fully saturated rings. The molecule has 0 saturated carbocycles. The molecule has 10 heteroatoms. The molecule has 2 rings (SSSR count). The minimum Gasteiger partial charge on any atom is -0.474 e. The van der Waals surface area contributed by atoms with Crippen molar-refractivity contribution in [1.82, 2.24) is 10.3 Å². The third kappa shape index (κ3) is 6.57. The Balaban J connectivity index is 2.06. The third-order valence-corrected chi connectivity index (χ3v) is 4.80. The van der Waals surface area contributed by atoms with Crippen molar-refractivity contribution in [2.45, 2.75) is 13.0 Å². The number of hydrogen-bond acceptors (Lipinski definition) is 7. The molecule has 1 heterocycles. The molecule has 0 radical (unpaired) electrons. The number of hydrogen-bond donors (Lipinski definition) is 1. The van der Waals surface area contributed by atoms with E-state index in [4.69, 9.17) is 21.7 Å². The minimum atomic E-state index is -0.444. The zero-order chi connectivity index (χ0) is 21.9. The fourth-order valence-electron chi connectivity index (χ4n) is 2.77. The van der Waals surface area contributed by atoms with Crippen LogP contribution in [0.15, 0.2) is 23.3 Å². The van der Waals surface area contributed by atoms with Crippen LogP contribution < -0.4 is 15.1 Å². The Morgan fingerprint density at radius 1 is 1.47 bits per heavy atom. The first-order valence-electron chi connectivity index (χ1n) is 9.33. The van der Waals surface area contributed by atoms with E-state index in [9.17, 15) is 9.18 Å². The third-order valence-electron chi connectivity index (χ3n) is 4.48. The van der Waals surface area contributed by atoms with Gasteiger partial charge in [0, 0.05) is 25.9 Å². The van der Waals surface area contributed by atoms with Crippen molar-refractivity contribution in [2.75, 3.05) is 56.7 Å². The lowest BCUT2D eigenvalue weighted by atomic mass is 10.2. The Labute approximate surface area is 181 Å². The molecule has 0 saturated heterocycles. The molecule has 1 aliphatic heterocycles. The predicted molar refractivity (Wildman–Crippen MR) is 119 cm³/mol. The quantitative estimate of drug-likeness (QED) is 0.357. The standard InChI is InChI=1S/C20H26FN5O3S/c1-4-5-8-26-10-9-24(14-23-26)19-7-6-16(11-18(19)21)25(15-27)13-17(28-2)12-22-20(30)29-3/h6-7,11,14-15,17H,8-10,12-13H2,1-3H3,(H,22,30). The number of rotatable bonds is 9. The number of hydrazone groups is 1. The van der Waals surface area contributed by atoms with Gasteiger partial charge in [-0.05, 0) is 37.3 Å². The Hall–Kier alpha value is -2.90. The Morgan fingerprint density at radius 2 is 2.27 bits per heavy atom. The van der Waals surface area contributed by atoms with Crippen LogP contribution in [0, 0.1) is 17.7 Å². The van der Waals surface area contributed by atoms with Gasteiger partial charge in [0.05, 0.1) is 38.5 Å². The highest BCUT2D eigenvalue weighted by Gasteiger charge is 2.19. The first-order valence-corrected chi connectivity index (χ1v) is 9.74. The highest BCUT2D eigenvalue weighted by molar-refractivity contribution is 7.80. The van der Waals surface area contributed by atoms with Gasteiger partial charge in [-0.3, -0.25) is 9.80 Å². The van der Waals surface area contributed by atoms with Crippen LogP contribution in [-0.2, 0) is 14.3 Å². The van der Waals surface area contributed by atoms with Gasteiger partial charge in [0.2, 0.25) is 6.41 Å². The van der Waals surface area contributed by atoms with Crippen LogP contribution in [0.1, 0.15) is 6.92 Å². The molecule has 8 nitrogen and oxygen atoms in total. The fourth-order valence-corrected chi connectivity index (χ4v) is 2.86. The molecule has 1 unspecified atom stereocenters. The second kappa shape index (κ2) is 11.9. The number of nitrogens with one attached hydrogen (secondary N) is 1. The van der Waals surface area contributed by atoms with Gasteiger partial charge in [0.1, 0.15) is 12.2 Å². The monoisotopic (exact) mass is 435 g/mol. The second-order valence-electron chi connectivity index (χ2n) is 6.36. The molecule has 1 amide bonds. The van der Waals surface area contributed by atoms with Crippen LogP contribution in [0.25, 0.3) is 0 Å². The molecule has 1 aromatic rings. The summed E-state index contributed by atoms with van der Waals surface area (Å²) < 4.78 is 25.0. The van der Waals surface area contributed by atoms with Crippen molar-refractivity contribution in [3.05, 3.63) is 24.0 Å². The maximum Gasteiger partial charge on any atom is 0.256 e. The average molecular weight is 436 g/mol. The summed E-state index contributed by atoms with van der Waals surface area (Å²) in [5.41, 5.74) is 0.821. The largest absolute Gasteiger partial charge is 0.474 e. The van der Waals surface area contributed by atoms with Gasteiger partial charge in [-0.15, -0.1) is 5.92 Å². The number of thiocarbonyl (C=S) groups is 1. The summed E-state index contributed by atoms with van der Waals surface area (Å²) in [6.07, 6.45) is 1.86. The van der Waals surface area contributed by atoms with Crippen LogP contribution in [0.5, 0.6) is 0 Å². The van der Waals surface area contributed by atoms with E-state index in [-0.39, 0.29) is 17.8 Å². The number of methoxy groups -OCH3 is 2. The summed E-state index contributed by atoms with van der Waals surface area (Å²) in [5, 5.41) is 9.22. The smallest absolute Gasteiger partial charge is 0.256 e. The number of nitrogens with zero attached hydrogens (tertiary/aromatic N) is 4. The van der Waals surface area contributed by atoms with Crippen molar-refractivity contribution in [1.29, 1.82) is 0 Å². The fraction of sp³-hybridized carbons (Fsp3) is 0.450. The molecular weight excluding hydrogens is 409 g/mol. The number of carbonyl (C=O) groups is 1. The first kappa shape index (κ1) is 23.4. The summed E-state index contributed by atoms with van der Waals surface area (Å²) in [4.78, 5) is 14.7. The Morgan fingerprint density at radius 3 is 2.83 bits per heavy atom. The van der Waals surface area contributed by atoms with E-state index in [1.807, 2.05) is 5.01 Å². The molecular formula is C20H26FN5O3S. The zero-order valence-electron chi connectivity index (χ0n) is 17.3. The van der Waals surface area contributed by atoms with Crippen molar-refractivity contribution in [3.63, 3.8) is 0 Å². The summed E-state index contributed by atoms with van der Waals surface area (Å²) in [5.74, 6) is 5.33. The molecule has 30 heavy (non-hydrogen) atoms. The normalized spacial score (nSPS) is 13.9. The molecule has 162 valence electrons. The van der Waals surface area contributed by atoms with Crippen molar-refractivity contribution < 1.29 is 18.7 Å². The van der Waals surface area contributed by atoms with Crippen molar-refractivity contribution >= 4 is 41.5 Å². The molecule has 1 aliphatic rings. The van der Waals surface area contributed by atoms with Gasteiger partial charge < -0.3 is 24.6 Å². The Kier molecular flexibility index (Phi) is 9.31. The number of carbonyl (C=O) groups excluding carboxylic acids is 1. The zero-order valence-corrected chi connectivity index (χ0v) is 18.1. The maximum atomic E-state index is 14.8. The van der Waals surface area contributed by atoms with Gasteiger partial charge in [0.25, 0.3) is 5.17 Å². The number of halogens is 1. The molecule has 0 aromatic heterocycles. The maximum absolute atomic E-state index is 14.8. The van der Waals surface area contributed by atoms with Crippen LogP contribution in [0.3, 0.4) is 0 Å². The topological polar surface area (TPSA) is 69.6 Å². The SMILES string of the molecule is CC#CCN1CCN(c2ccc(N(C=O)CC(CNC(=S)OC)OC)cc2F)C=N1. The lowest BCUT2D eigenvalue weighted by molar-refractivity contribution is -0.107. The van der Waals surface area contributed by atoms with E-state index < -0.39 is 5.82 Å². The van der Waals surface area contributed by atoms with Crippen LogP contribution in [-0.4, -0.2) is 76.0 Å². The summed E-state index contributed by atoms with van der Waals surface area (Å²) in [6.45, 7) is 4.10. The number of amides is 1.